The number of aliphatic hydroxyl groups is 3. The molecule has 1 fully saturated rings. The fourth-order valence-electron chi connectivity index (χ4n) is 3.13. The van der Waals surface area contributed by atoms with Gasteiger partial charge in [0.25, 0.3) is 5.56 Å². The highest BCUT2D eigenvalue weighted by atomic mass is 16.6. The molecule has 0 radical (unpaired) electrons. The first-order valence-corrected chi connectivity index (χ1v) is 8.78. The second-order valence-corrected chi connectivity index (χ2v) is 6.51. The molecule has 1 unspecified atom stereocenters. The third-order valence-electron chi connectivity index (χ3n) is 4.56. The fourth-order valence-corrected chi connectivity index (χ4v) is 3.13. The number of fused-ring (bicyclic) bond motifs is 1. The van der Waals surface area contributed by atoms with E-state index in [9.17, 15) is 24.9 Å². The Morgan fingerprint density at radius 2 is 2.07 bits per heavy atom. The molecule has 1 aliphatic heterocycles. The zero-order valence-electron chi connectivity index (χ0n) is 16.0. The number of hydrogen-bond donors (Lipinski definition) is 5. The van der Waals surface area contributed by atoms with Gasteiger partial charge in [-0.25, -0.2) is 4.98 Å². The lowest BCUT2D eigenvalue weighted by Gasteiger charge is -2.16. The molecule has 2 aromatic heterocycles. The number of carbonyl (C=O) groups is 1. The number of H-pyrrole nitrogens is 1. The molecule has 1 saturated heterocycles. The number of carbonyl (C=O) groups excluding carboxylic acids is 1. The molecular formula is C18H19N5O6. The van der Waals surface area contributed by atoms with Crippen LogP contribution >= 0.6 is 0 Å². The smallest absolute Gasteiger partial charge is 0.280 e. The van der Waals surface area contributed by atoms with Crippen LogP contribution in [0, 0.1) is 0 Å². The Labute approximate surface area is 165 Å². The van der Waals surface area contributed by atoms with E-state index in [-0.39, 0.29) is 17.1 Å². The van der Waals surface area contributed by atoms with E-state index in [0.29, 0.717) is 5.56 Å². The molecule has 0 saturated carbocycles. The van der Waals surface area contributed by atoms with Crippen LogP contribution in [0.3, 0.4) is 0 Å². The summed E-state index contributed by atoms with van der Waals surface area (Å²) >= 11 is 0. The molecule has 152 valence electrons. The molecular weight excluding hydrogens is 382 g/mol. The second kappa shape index (κ2) is 7.72. The first kappa shape index (κ1) is 17.9. The van der Waals surface area contributed by atoms with Crippen molar-refractivity contribution in [2.45, 2.75) is 30.9 Å². The summed E-state index contributed by atoms with van der Waals surface area (Å²) in [6, 6.07) is 8.44. The van der Waals surface area contributed by atoms with Gasteiger partial charge in [-0.05, 0) is 5.56 Å². The van der Waals surface area contributed by atoms with E-state index in [4.69, 9.17) is 6.11 Å². The van der Waals surface area contributed by atoms with E-state index < -0.39 is 49.0 Å². The number of nitrogens with zero attached hydrogens (tertiary/aromatic N) is 3. The first-order chi connectivity index (χ1) is 14.4. The number of aliphatic hydroxyl groups excluding tert-OH is 3. The van der Waals surface area contributed by atoms with Gasteiger partial charge in [-0.15, -0.1) is 0 Å². The highest BCUT2D eigenvalue weighted by Gasteiger charge is 2.44. The molecule has 11 heteroatoms. The van der Waals surface area contributed by atoms with E-state index in [1.54, 1.807) is 30.3 Å². The molecule has 5 atom stereocenters. The van der Waals surface area contributed by atoms with Crippen molar-refractivity contribution in [3.63, 3.8) is 0 Å². The van der Waals surface area contributed by atoms with Crippen LogP contribution in [0.1, 0.15) is 13.2 Å². The number of benzene rings is 1. The summed E-state index contributed by atoms with van der Waals surface area (Å²) in [6.07, 6.45) is -4.93. The van der Waals surface area contributed by atoms with Crippen molar-refractivity contribution in [2.24, 2.45) is 0 Å². The molecule has 1 aliphatic rings. The minimum absolute atomic E-state index is 0.00914. The van der Waals surface area contributed by atoms with Crippen LogP contribution in [0.2, 0.25) is 0 Å². The Morgan fingerprint density at radius 3 is 2.76 bits per heavy atom. The molecule has 0 spiro atoms. The molecule has 3 aromatic rings. The lowest BCUT2D eigenvalue weighted by atomic mass is 10.1. The molecule has 0 aliphatic carbocycles. The van der Waals surface area contributed by atoms with Crippen molar-refractivity contribution in [1.29, 1.82) is 0 Å². The van der Waals surface area contributed by atoms with Crippen LogP contribution in [0.4, 0.5) is 5.95 Å². The predicted octanol–water partition coefficient (Wildman–Crippen LogP) is -1.09. The lowest BCUT2D eigenvalue weighted by molar-refractivity contribution is -0.115. The molecule has 0 bridgehead atoms. The van der Waals surface area contributed by atoms with Gasteiger partial charge in [0.2, 0.25) is 11.9 Å². The maximum atomic E-state index is 12.4. The molecule has 1 amide bonds. The van der Waals surface area contributed by atoms with Crippen molar-refractivity contribution in [3.8, 4) is 0 Å². The molecule has 3 heterocycles. The van der Waals surface area contributed by atoms with Gasteiger partial charge in [-0.3, -0.25) is 24.5 Å². The van der Waals surface area contributed by atoms with E-state index in [2.05, 4.69) is 20.3 Å². The number of rotatable bonds is 5. The monoisotopic (exact) mass is 402 g/mol. The molecule has 29 heavy (non-hydrogen) atoms. The summed E-state index contributed by atoms with van der Waals surface area (Å²) < 4.78 is 14.8. The summed E-state index contributed by atoms with van der Waals surface area (Å²) in [5.74, 6) is -0.915. The Hall–Kier alpha value is -3.12. The van der Waals surface area contributed by atoms with E-state index in [0.717, 1.165) is 0 Å². The van der Waals surface area contributed by atoms with Crippen LogP contribution in [-0.2, 0) is 15.9 Å². The minimum atomic E-state index is -1.39. The van der Waals surface area contributed by atoms with Crippen LogP contribution < -0.4 is 10.9 Å². The average Bonchev–Trinajstić information content (AvgIpc) is 3.29. The van der Waals surface area contributed by atoms with Crippen molar-refractivity contribution < 1.29 is 26.2 Å². The summed E-state index contributed by atoms with van der Waals surface area (Å²) in [7, 11) is 0. The largest absolute Gasteiger partial charge is 0.394 e. The number of nitrogens with one attached hydrogen (secondary N) is 2. The number of amides is 1. The summed E-state index contributed by atoms with van der Waals surface area (Å²) in [4.78, 5) is 35.3. The maximum Gasteiger partial charge on any atom is 0.280 e. The average molecular weight is 402 g/mol. The van der Waals surface area contributed by atoms with Gasteiger partial charge in [0, 0.05) is 1.37 Å². The summed E-state index contributed by atoms with van der Waals surface area (Å²) in [6.45, 7) is -0.513. The third-order valence-corrected chi connectivity index (χ3v) is 4.56. The van der Waals surface area contributed by atoms with Crippen molar-refractivity contribution in [3.05, 3.63) is 52.6 Å². The maximum absolute atomic E-state index is 12.4. The zero-order valence-corrected chi connectivity index (χ0v) is 15.0. The Kier molecular flexibility index (Phi) is 4.77. The lowest BCUT2D eigenvalue weighted by Crippen LogP contribution is -2.33. The summed E-state index contributed by atoms with van der Waals surface area (Å²) in [5, 5.41) is 31.8. The SMILES string of the molecule is [2H]C(C(=O)Nc1nc2c(ncn2[C@@H]2O[C@H](CO)[C@@H](O)[C@H]2O)c(=O)[nH]1)c1ccccc1. The Morgan fingerprint density at radius 1 is 1.31 bits per heavy atom. The summed E-state index contributed by atoms with van der Waals surface area (Å²) in [5.41, 5.74) is -0.265. The van der Waals surface area contributed by atoms with E-state index in [1.165, 1.54) is 10.9 Å². The molecule has 4 rings (SSSR count). The predicted molar refractivity (Wildman–Crippen MR) is 99.9 cm³/mol. The third kappa shape index (κ3) is 3.63. The van der Waals surface area contributed by atoms with Crippen LogP contribution in [0.15, 0.2) is 41.5 Å². The second-order valence-electron chi connectivity index (χ2n) is 6.51. The van der Waals surface area contributed by atoms with Gasteiger partial charge in [0.05, 0.1) is 19.3 Å². The van der Waals surface area contributed by atoms with E-state index >= 15 is 0 Å². The number of hydrogen-bond acceptors (Lipinski definition) is 8. The topological polar surface area (TPSA) is 163 Å². The van der Waals surface area contributed by atoms with Gasteiger partial charge >= 0.3 is 0 Å². The fraction of sp³-hybridized carbons (Fsp3) is 0.333. The minimum Gasteiger partial charge on any atom is -0.394 e. The number of aromatic amines is 1. The van der Waals surface area contributed by atoms with Crippen molar-refractivity contribution >= 4 is 23.0 Å². The molecule has 11 nitrogen and oxygen atoms in total. The number of imidazole rings is 1. The Bertz CT molecular complexity index is 1120. The normalized spacial score (nSPS) is 25.7. The van der Waals surface area contributed by atoms with E-state index in [1.807, 2.05) is 0 Å². The highest BCUT2D eigenvalue weighted by Crippen LogP contribution is 2.30. The highest BCUT2D eigenvalue weighted by molar-refractivity contribution is 5.91. The zero-order chi connectivity index (χ0) is 21.4. The Balaban J connectivity index is 1.64. The van der Waals surface area contributed by atoms with Gasteiger partial charge in [0.1, 0.15) is 18.3 Å². The standard InChI is InChI=1S/C18H19N5O6/c24-7-10-13(26)14(27)17(29-10)23-8-19-12-15(23)21-18(22-16(12)28)20-11(25)6-9-4-2-1-3-5-9/h1-5,8,10,13-14,17,24,26-27H,6-7H2,(H2,20,21,22,25,28)/t10-,13-,14-,17-/m1/s1/i6D/t6?,10-,13-,14-,17-. The van der Waals surface area contributed by atoms with Crippen molar-refractivity contribution in [2.75, 3.05) is 11.9 Å². The molecule has 5 N–H and O–H groups in total. The van der Waals surface area contributed by atoms with Crippen molar-refractivity contribution in [1.82, 2.24) is 19.5 Å². The van der Waals surface area contributed by atoms with Gasteiger partial charge in [0.15, 0.2) is 17.4 Å². The number of aromatic nitrogens is 4. The van der Waals surface area contributed by atoms with Crippen LogP contribution in [0.25, 0.3) is 11.2 Å². The number of ether oxygens (including phenoxy) is 1. The number of anilines is 1. The van der Waals surface area contributed by atoms with Gasteiger partial charge in [-0.1, -0.05) is 30.3 Å². The van der Waals surface area contributed by atoms with Crippen LogP contribution in [0.5, 0.6) is 0 Å². The van der Waals surface area contributed by atoms with Gasteiger partial charge < -0.3 is 20.1 Å². The quantitative estimate of drug-likeness (QED) is 0.360. The molecule has 1 aromatic carbocycles. The van der Waals surface area contributed by atoms with Gasteiger partial charge in [-0.2, -0.15) is 4.98 Å². The first-order valence-electron chi connectivity index (χ1n) is 9.35. The van der Waals surface area contributed by atoms with Crippen LogP contribution in [-0.4, -0.2) is 65.7 Å².